The molecular formula is C14H15NO4S. The van der Waals surface area contributed by atoms with Gasteiger partial charge in [0.15, 0.2) is 15.6 Å². The van der Waals surface area contributed by atoms with Crippen molar-refractivity contribution in [2.75, 3.05) is 11.1 Å². The lowest BCUT2D eigenvalue weighted by Gasteiger charge is -2.09. The molecule has 0 unspecified atom stereocenters. The van der Waals surface area contributed by atoms with Gasteiger partial charge in [0, 0.05) is 29.0 Å². The Morgan fingerprint density at radius 1 is 1.35 bits per heavy atom. The lowest BCUT2D eigenvalue weighted by molar-refractivity contribution is -0.116. The number of sulfone groups is 1. The summed E-state index contributed by atoms with van der Waals surface area (Å²) >= 11 is 0. The fourth-order valence-electron chi connectivity index (χ4n) is 2.03. The molecule has 1 N–H and O–H groups in total. The fraction of sp³-hybridized carbons (Fsp3) is 0.286. The number of carbonyl (C=O) groups excluding carboxylic acids is 2. The van der Waals surface area contributed by atoms with Crippen LogP contribution in [-0.2, 0) is 14.6 Å². The number of amides is 1. The Hall–Kier alpha value is -1.95. The zero-order valence-electron chi connectivity index (χ0n) is 11.0. The van der Waals surface area contributed by atoms with Crippen LogP contribution < -0.4 is 5.32 Å². The summed E-state index contributed by atoms with van der Waals surface area (Å²) in [6, 6.07) is 6.64. The van der Waals surface area contributed by atoms with Crippen molar-refractivity contribution in [3.63, 3.8) is 0 Å². The summed E-state index contributed by atoms with van der Waals surface area (Å²) in [7, 11) is -3.14. The lowest BCUT2D eigenvalue weighted by atomic mass is 10.1. The van der Waals surface area contributed by atoms with E-state index in [2.05, 4.69) is 5.32 Å². The average Bonchev–Trinajstić information content (AvgIpc) is 2.68. The molecule has 1 atom stereocenters. The zero-order chi connectivity index (χ0) is 14.8. The SMILES string of the molecule is CC(=O)c1cccc(NC(=O)C[C@@H]2C=CS(=O)(=O)C2)c1. The van der Waals surface area contributed by atoms with Gasteiger partial charge in [-0.1, -0.05) is 18.2 Å². The topological polar surface area (TPSA) is 80.3 Å². The fourth-order valence-corrected chi connectivity index (χ4v) is 3.43. The summed E-state index contributed by atoms with van der Waals surface area (Å²) in [5, 5.41) is 3.83. The number of rotatable bonds is 4. The monoisotopic (exact) mass is 293 g/mol. The van der Waals surface area contributed by atoms with Gasteiger partial charge in [-0.05, 0) is 19.1 Å². The third-order valence-corrected chi connectivity index (χ3v) is 4.47. The summed E-state index contributed by atoms with van der Waals surface area (Å²) in [5.41, 5.74) is 1.05. The van der Waals surface area contributed by atoms with Crippen molar-refractivity contribution in [1.82, 2.24) is 0 Å². The highest BCUT2D eigenvalue weighted by Crippen LogP contribution is 2.19. The van der Waals surface area contributed by atoms with Gasteiger partial charge in [-0.15, -0.1) is 0 Å². The van der Waals surface area contributed by atoms with Crippen molar-refractivity contribution in [2.24, 2.45) is 5.92 Å². The molecule has 0 spiro atoms. The number of carbonyl (C=O) groups is 2. The molecule has 0 fully saturated rings. The molecular weight excluding hydrogens is 278 g/mol. The molecule has 0 aromatic heterocycles. The van der Waals surface area contributed by atoms with Crippen LogP contribution in [0.25, 0.3) is 0 Å². The molecule has 0 saturated carbocycles. The number of anilines is 1. The Morgan fingerprint density at radius 2 is 2.10 bits per heavy atom. The molecule has 20 heavy (non-hydrogen) atoms. The highest BCUT2D eigenvalue weighted by Gasteiger charge is 2.23. The van der Waals surface area contributed by atoms with Gasteiger partial charge in [0.25, 0.3) is 0 Å². The molecule has 0 radical (unpaired) electrons. The van der Waals surface area contributed by atoms with Gasteiger partial charge >= 0.3 is 0 Å². The standard InChI is InChI=1S/C14H15NO4S/c1-10(16)12-3-2-4-13(8-12)15-14(17)7-11-5-6-20(18,19)9-11/h2-6,8,11H,7,9H2,1H3,(H,15,17)/t11-/m0/s1. The van der Waals surface area contributed by atoms with Crippen LogP contribution in [0.15, 0.2) is 35.7 Å². The van der Waals surface area contributed by atoms with Crippen LogP contribution >= 0.6 is 0 Å². The van der Waals surface area contributed by atoms with Gasteiger partial charge in [0.2, 0.25) is 5.91 Å². The number of hydrogen-bond acceptors (Lipinski definition) is 4. The van der Waals surface area contributed by atoms with Gasteiger partial charge in [0.05, 0.1) is 5.75 Å². The molecule has 0 saturated heterocycles. The maximum Gasteiger partial charge on any atom is 0.224 e. The molecule has 1 heterocycles. The highest BCUT2D eigenvalue weighted by molar-refractivity contribution is 7.94. The van der Waals surface area contributed by atoms with Gasteiger partial charge in [0.1, 0.15) is 0 Å². The van der Waals surface area contributed by atoms with E-state index in [-0.39, 0.29) is 29.8 Å². The van der Waals surface area contributed by atoms with Gasteiger partial charge in [-0.3, -0.25) is 9.59 Å². The van der Waals surface area contributed by atoms with Crippen LogP contribution in [0.1, 0.15) is 23.7 Å². The first-order valence-electron chi connectivity index (χ1n) is 6.17. The van der Waals surface area contributed by atoms with Crippen LogP contribution in [0.3, 0.4) is 0 Å². The first-order chi connectivity index (χ1) is 9.35. The average molecular weight is 293 g/mol. The maximum absolute atomic E-state index is 11.8. The van der Waals surface area contributed by atoms with Crippen molar-refractivity contribution in [1.29, 1.82) is 0 Å². The quantitative estimate of drug-likeness (QED) is 0.858. The summed E-state index contributed by atoms with van der Waals surface area (Å²) < 4.78 is 22.5. The first kappa shape index (κ1) is 14.5. The Balaban J connectivity index is 1.97. The van der Waals surface area contributed by atoms with Crippen LogP contribution in [0.2, 0.25) is 0 Å². The number of Topliss-reactive ketones (excluding diaryl/α,β-unsaturated/α-hetero) is 1. The predicted molar refractivity (Wildman–Crippen MR) is 76.1 cm³/mol. The van der Waals surface area contributed by atoms with Crippen molar-refractivity contribution in [3.8, 4) is 0 Å². The second-order valence-electron chi connectivity index (χ2n) is 4.81. The largest absolute Gasteiger partial charge is 0.326 e. The second kappa shape index (κ2) is 5.58. The lowest BCUT2D eigenvalue weighted by Crippen LogP contribution is -2.17. The van der Waals surface area contributed by atoms with E-state index in [0.717, 1.165) is 5.41 Å². The van der Waals surface area contributed by atoms with Crippen LogP contribution in [0.4, 0.5) is 5.69 Å². The van der Waals surface area contributed by atoms with E-state index in [0.29, 0.717) is 11.3 Å². The van der Waals surface area contributed by atoms with Crippen molar-refractivity contribution >= 4 is 27.2 Å². The molecule has 5 nitrogen and oxygen atoms in total. The predicted octanol–water partition coefficient (Wildman–Crippen LogP) is 1.78. The van der Waals surface area contributed by atoms with E-state index in [1.807, 2.05) is 0 Å². The maximum atomic E-state index is 11.8. The van der Waals surface area contributed by atoms with E-state index in [9.17, 15) is 18.0 Å². The highest BCUT2D eigenvalue weighted by atomic mass is 32.2. The second-order valence-corrected chi connectivity index (χ2v) is 6.74. The summed E-state index contributed by atoms with van der Waals surface area (Å²) in [4.78, 5) is 23.1. The summed E-state index contributed by atoms with van der Waals surface area (Å²) in [5.74, 6) is -0.646. The Kier molecular flexibility index (Phi) is 4.04. The minimum atomic E-state index is -3.14. The molecule has 1 aliphatic rings. The normalized spacial score (nSPS) is 19.8. The van der Waals surface area contributed by atoms with Gasteiger partial charge in [-0.2, -0.15) is 0 Å². The molecule has 2 rings (SSSR count). The van der Waals surface area contributed by atoms with Crippen LogP contribution in [0.5, 0.6) is 0 Å². The Morgan fingerprint density at radius 3 is 2.70 bits per heavy atom. The zero-order valence-corrected chi connectivity index (χ0v) is 11.8. The van der Waals surface area contributed by atoms with Crippen molar-refractivity contribution in [2.45, 2.75) is 13.3 Å². The van der Waals surface area contributed by atoms with Crippen molar-refractivity contribution in [3.05, 3.63) is 41.3 Å². The number of nitrogens with one attached hydrogen (secondary N) is 1. The van der Waals surface area contributed by atoms with E-state index in [1.165, 1.54) is 6.92 Å². The molecule has 0 bridgehead atoms. The third-order valence-electron chi connectivity index (χ3n) is 3.00. The Labute approximate surface area is 117 Å². The number of ketones is 1. The molecule has 1 amide bonds. The van der Waals surface area contributed by atoms with Crippen LogP contribution in [0, 0.1) is 5.92 Å². The van der Waals surface area contributed by atoms with E-state index < -0.39 is 9.84 Å². The number of hydrogen-bond donors (Lipinski definition) is 1. The molecule has 1 aromatic rings. The smallest absolute Gasteiger partial charge is 0.224 e. The minimum Gasteiger partial charge on any atom is -0.326 e. The number of allylic oxidation sites excluding steroid dienone is 1. The Bertz CT molecular complexity index is 676. The molecule has 106 valence electrons. The van der Waals surface area contributed by atoms with Crippen LogP contribution in [-0.4, -0.2) is 25.9 Å². The van der Waals surface area contributed by atoms with Gasteiger partial charge in [-0.25, -0.2) is 8.42 Å². The number of benzene rings is 1. The first-order valence-corrected chi connectivity index (χ1v) is 7.89. The van der Waals surface area contributed by atoms with E-state index >= 15 is 0 Å². The minimum absolute atomic E-state index is 0.0199. The van der Waals surface area contributed by atoms with E-state index in [1.54, 1.807) is 30.3 Å². The van der Waals surface area contributed by atoms with Crippen molar-refractivity contribution < 1.29 is 18.0 Å². The van der Waals surface area contributed by atoms with Gasteiger partial charge < -0.3 is 5.32 Å². The molecule has 0 aliphatic carbocycles. The third kappa shape index (κ3) is 3.77. The molecule has 6 heteroatoms. The van der Waals surface area contributed by atoms with E-state index in [4.69, 9.17) is 0 Å². The summed E-state index contributed by atoms with van der Waals surface area (Å²) in [6.45, 7) is 1.45. The molecule has 1 aromatic carbocycles. The summed E-state index contributed by atoms with van der Waals surface area (Å²) in [6.07, 6.45) is 1.65. The molecule has 1 aliphatic heterocycles.